The van der Waals surface area contributed by atoms with Gasteiger partial charge in [0.2, 0.25) is 0 Å². The summed E-state index contributed by atoms with van der Waals surface area (Å²) in [4.78, 5) is 2.23. The number of alkyl halides is 3. The largest absolute Gasteiger partial charge is 0.416 e. The topological polar surface area (TPSA) is 15.3 Å². The number of hydrogen-bond acceptors (Lipinski definition) is 2. The van der Waals surface area contributed by atoms with E-state index < -0.39 is 11.7 Å². The summed E-state index contributed by atoms with van der Waals surface area (Å²) in [6.07, 6.45) is -0.0378. The molecule has 2 fully saturated rings. The van der Waals surface area contributed by atoms with Crippen LogP contribution in [0.5, 0.6) is 0 Å². The van der Waals surface area contributed by atoms with Gasteiger partial charge in [-0.25, -0.2) is 0 Å². The molecule has 3 rings (SSSR count). The summed E-state index contributed by atoms with van der Waals surface area (Å²) in [6, 6.07) is 7.04. The third-order valence-electron chi connectivity index (χ3n) is 4.70. The number of rotatable bonds is 3. The number of fused-ring (bicyclic) bond motifs is 2. The van der Waals surface area contributed by atoms with Gasteiger partial charge in [0.25, 0.3) is 0 Å². The lowest BCUT2D eigenvalue weighted by atomic mass is 9.96. The van der Waals surface area contributed by atoms with Gasteiger partial charge in [-0.2, -0.15) is 13.2 Å². The summed E-state index contributed by atoms with van der Waals surface area (Å²) < 4.78 is 38.6. The van der Waals surface area contributed by atoms with E-state index in [2.05, 4.69) is 17.1 Å². The van der Waals surface area contributed by atoms with Crippen molar-refractivity contribution >= 4 is 5.69 Å². The van der Waals surface area contributed by atoms with Crippen molar-refractivity contribution in [1.82, 2.24) is 5.32 Å². The molecule has 116 valence electrons. The van der Waals surface area contributed by atoms with Crippen LogP contribution in [0.25, 0.3) is 0 Å². The van der Waals surface area contributed by atoms with Gasteiger partial charge in [-0.3, -0.25) is 0 Å². The summed E-state index contributed by atoms with van der Waals surface area (Å²) >= 11 is 0. The second-order valence-corrected chi connectivity index (χ2v) is 6.07. The quantitative estimate of drug-likeness (QED) is 0.912. The number of piperidine rings is 1. The Morgan fingerprint density at radius 3 is 2.43 bits per heavy atom. The smallest absolute Gasteiger partial charge is 0.365 e. The fourth-order valence-electron chi connectivity index (χ4n) is 3.90. The molecule has 0 aromatic heterocycles. The molecule has 2 unspecified atom stereocenters. The summed E-state index contributed by atoms with van der Waals surface area (Å²) in [5.41, 5.74) is 0.181. The van der Waals surface area contributed by atoms with Crippen molar-refractivity contribution in [1.29, 1.82) is 0 Å². The van der Waals surface area contributed by atoms with Crippen LogP contribution in [0.1, 0.15) is 38.2 Å². The Morgan fingerprint density at radius 2 is 1.86 bits per heavy atom. The summed E-state index contributed by atoms with van der Waals surface area (Å²) in [5, 5.41) is 3.49. The summed E-state index contributed by atoms with van der Waals surface area (Å²) in [5.74, 6) is 0. The molecular weight excluding hydrogens is 277 g/mol. The van der Waals surface area contributed by atoms with Crippen LogP contribution in [0, 0.1) is 0 Å². The van der Waals surface area contributed by atoms with Gasteiger partial charge in [0, 0.05) is 23.8 Å². The highest BCUT2D eigenvalue weighted by Gasteiger charge is 2.41. The van der Waals surface area contributed by atoms with Crippen molar-refractivity contribution in [3.8, 4) is 0 Å². The first-order chi connectivity index (χ1) is 9.99. The maximum Gasteiger partial charge on any atom is 0.416 e. The van der Waals surface area contributed by atoms with Gasteiger partial charge in [-0.1, -0.05) is 13.0 Å². The normalized spacial score (nSPS) is 29.0. The summed E-state index contributed by atoms with van der Waals surface area (Å²) in [6.45, 7) is 3.05. The first-order valence-corrected chi connectivity index (χ1v) is 7.68. The standard InChI is InChI=1S/C16H21F3N2/c1-2-20-12-9-14-6-7-15(10-12)21(14)13-5-3-4-11(8-13)16(17,18)19/h3-5,8,12,14-15,20H,2,6-7,9-10H2,1H3. The molecule has 5 heteroatoms. The molecule has 0 saturated carbocycles. The number of benzene rings is 1. The van der Waals surface area contributed by atoms with E-state index in [1.54, 1.807) is 0 Å². The third kappa shape index (κ3) is 2.89. The van der Waals surface area contributed by atoms with E-state index in [-0.39, 0.29) is 0 Å². The van der Waals surface area contributed by atoms with E-state index in [1.807, 2.05) is 6.07 Å². The van der Waals surface area contributed by atoms with Crippen molar-refractivity contribution in [2.45, 2.75) is 56.9 Å². The molecule has 1 aromatic carbocycles. The molecule has 0 radical (unpaired) electrons. The fourth-order valence-corrected chi connectivity index (χ4v) is 3.90. The molecular formula is C16H21F3N2. The van der Waals surface area contributed by atoms with Crippen molar-refractivity contribution in [2.75, 3.05) is 11.4 Å². The van der Waals surface area contributed by atoms with Crippen LogP contribution in [0.4, 0.5) is 18.9 Å². The minimum atomic E-state index is -4.27. The molecule has 1 N–H and O–H groups in total. The lowest BCUT2D eigenvalue weighted by molar-refractivity contribution is -0.137. The highest BCUT2D eigenvalue weighted by molar-refractivity contribution is 5.53. The van der Waals surface area contributed by atoms with Crippen LogP contribution in [-0.2, 0) is 6.18 Å². The zero-order chi connectivity index (χ0) is 15.0. The molecule has 0 aliphatic carbocycles. The minimum absolute atomic E-state index is 0.372. The van der Waals surface area contributed by atoms with Crippen molar-refractivity contribution < 1.29 is 13.2 Å². The van der Waals surface area contributed by atoms with Gasteiger partial charge >= 0.3 is 6.18 Å². The van der Waals surface area contributed by atoms with Crippen molar-refractivity contribution in [3.05, 3.63) is 29.8 Å². The molecule has 21 heavy (non-hydrogen) atoms. The zero-order valence-electron chi connectivity index (χ0n) is 12.2. The van der Waals surface area contributed by atoms with Gasteiger partial charge < -0.3 is 10.2 Å². The van der Waals surface area contributed by atoms with Crippen LogP contribution in [0.3, 0.4) is 0 Å². The van der Waals surface area contributed by atoms with Crippen LogP contribution in [-0.4, -0.2) is 24.7 Å². The Morgan fingerprint density at radius 1 is 1.19 bits per heavy atom. The summed E-state index contributed by atoms with van der Waals surface area (Å²) in [7, 11) is 0. The van der Waals surface area contributed by atoms with E-state index in [1.165, 1.54) is 12.1 Å². The van der Waals surface area contributed by atoms with Gasteiger partial charge in [-0.05, 0) is 50.4 Å². The highest BCUT2D eigenvalue weighted by Crippen LogP contribution is 2.41. The highest BCUT2D eigenvalue weighted by atomic mass is 19.4. The fraction of sp³-hybridized carbons (Fsp3) is 0.625. The Hall–Kier alpha value is -1.23. The Kier molecular flexibility index (Phi) is 3.86. The van der Waals surface area contributed by atoms with Gasteiger partial charge in [0.05, 0.1) is 5.56 Å². The Balaban J connectivity index is 1.82. The van der Waals surface area contributed by atoms with Crippen LogP contribution < -0.4 is 10.2 Å². The second kappa shape index (κ2) is 5.52. The molecule has 2 bridgehead atoms. The molecule has 2 aliphatic heterocycles. The van der Waals surface area contributed by atoms with Crippen molar-refractivity contribution in [2.24, 2.45) is 0 Å². The first-order valence-electron chi connectivity index (χ1n) is 7.68. The molecule has 2 atom stereocenters. The molecule has 0 amide bonds. The monoisotopic (exact) mass is 298 g/mol. The molecule has 2 aliphatic rings. The maximum absolute atomic E-state index is 12.9. The maximum atomic E-state index is 12.9. The van der Waals surface area contributed by atoms with Crippen LogP contribution >= 0.6 is 0 Å². The third-order valence-corrected chi connectivity index (χ3v) is 4.70. The lowest BCUT2D eigenvalue weighted by Crippen LogP contribution is -2.49. The molecule has 2 saturated heterocycles. The number of nitrogens with zero attached hydrogens (tertiary/aromatic N) is 1. The second-order valence-electron chi connectivity index (χ2n) is 6.07. The zero-order valence-corrected chi connectivity index (χ0v) is 12.2. The van der Waals surface area contributed by atoms with Gasteiger partial charge in [0.15, 0.2) is 0 Å². The minimum Gasteiger partial charge on any atom is -0.365 e. The predicted octanol–water partition coefficient (Wildman–Crippen LogP) is 3.81. The van der Waals surface area contributed by atoms with E-state index in [0.29, 0.717) is 18.1 Å². The molecule has 2 nitrogen and oxygen atoms in total. The average Bonchev–Trinajstić information content (AvgIpc) is 2.70. The number of hydrogen-bond donors (Lipinski definition) is 1. The molecule has 2 heterocycles. The molecule has 1 aromatic rings. The molecule has 0 spiro atoms. The SMILES string of the molecule is CCNC1CC2CCC(C1)N2c1cccc(C(F)(F)F)c1. The first kappa shape index (κ1) is 14.7. The number of nitrogens with one attached hydrogen (secondary N) is 1. The van der Waals surface area contributed by atoms with Gasteiger partial charge in [0.1, 0.15) is 0 Å². The van der Waals surface area contributed by atoms with Crippen LogP contribution in [0.2, 0.25) is 0 Å². The van der Waals surface area contributed by atoms with E-state index in [0.717, 1.165) is 44.0 Å². The number of halogens is 3. The average molecular weight is 298 g/mol. The van der Waals surface area contributed by atoms with E-state index >= 15 is 0 Å². The van der Waals surface area contributed by atoms with Crippen LogP contribution in [0.15, 0.2) is 24.3 Å². The Labute approximate surface area is 123 Å². The Bertz CT molecular complexity index is 487. The van der Waals surface area contributed by atoms with E-state index in [9.17, 15) is 13.2 Å². The number of anilines is 1. The van der Waals surface area contributed by atoms with E-state index in [4.69, 9.17) is 0 Å². The van der Waals surface area contributed by atoms with Gasteiger partial charge in [-0.15, -0.1) is 0 Å². The van der Waals surface area contributed by atoms with Crippen molar-refractivity contribution in [3.63, 3.8) is 0 Å². The lowest BCUT2D eigenvalue weighted by Gasteiger charge is -2.41. The predicted molar refractivity (Wildman–Crippen MR) is 77.4 cm³/mol.